The summed E-state index contributed by atoms with van der Waals surface area (Å²) in [6.07, 6.45) is 0.900. The first-order valence-electron chi connectivity index (χ1n) is 3.15. The minimum atomic E-state index is -2.95. The second kappa shape index (κ2) is 4.85. The van der Waals surface area contributed by atoms with Crippen LogP contribution < -0.4 is 5.09 Å². The Kier molecular flexibility index (Phi) is 4.91. The second-order valence-electron chi connectivity index (χ2n) is 1.77. The molecule has 0 aliphatic carbocycles. The Bertz CT molecular complexity index is 120. The zero-order valence-corrected chi connectivity index (χ0v) is 7.48. The maximum absolute atomic E-state index is 11.2. The van der Waals surface area contributed by atoms with Gasteiger partial charge >= 0.3 is 7.75 Å². The number of nitrogens with one attached hydrogen (secondary N) is 1. The maximum atomic E-state index is 11.2. The summed E-state index contributed by atoms with van der Waals surface area (Å²) in [7, 11) is -0.239. The quantitative estimate of drug-likeness (QED) is 0.628. The van der Waals surface area contributed by atoms with E-state index >= 15 is 0 Å². The Hall–Kier alpha value is 0.110. The third kappa shape index (κ3) is 3.32. The summed E-state index contributed by atoms with van der Waals surface area (Å²) in [5.74, 6) is 0. The minimum absolute atomic E-state index is 0.638. The normalized spacial score (nSPS) is 11.9. The lowest BCUT2D eigenvalue weighted by Crippen LogP contribution is -2.13. The van der Waals surface area contributed by atoms with Gasteiger partial charge in [0, 0.05) is 20.8 Å². The highest BCUT2D eigenvalue weighted by Crippen LogP contribution is 2.40. The van der Waals surface area contributed by atoms with Crippen molar-refractivity contribution in [3.8, 4) is 0 Å². The molecule has 0 unspecified atom stereocenters. The molecule has 0 aromatic rings. The number of hydrogen-bond donors (Lipinski definition) is 1. The molecule has 0 saturated carbocycles. The number of hydrogen-bond acceptors (Lipinski definition) is 3. The summed E-state index contributed by atoms with van der Waals surface area (Å²) in [5.41, 5.74) is 0. The van der Waals surface area contributed by atoms with Gasteiger partial charge in [-0.2, -0.15) is 0 Å². The van der Waals surface area contributed by atoms with E-state index in [-0.39, 0.29) is 0 Å². The molecule has 0 radical (unpaired) electrons. The van der Waals surface area contributed by atoms with Gasteiger partial charge in [-0.3, -0.25) is 0 Å². The molecule has 5 heteroatoms. The van der Waals surface area contributed by atoms with Crippen molar-refractivity contribution >= 4 is 7.75 Å². The molecule has 62 valence electrons. The van der Waals surface area contributed by atoms with Crippen molar-refractivity contribution in [2.45, 2.75) is 13.3 Å². The van der Waals surface area contributed by atoms with E-state index in [1.54, 1.807) is 0 Å². The zero-order chi connectivity index (χ0) is 8.04. The molecule has 0 aromatic heterocycles. The van der Waals surface area contributed by atoms with Crippen molar-refractivity contribution in [2.24, 2.45) is 0 Å². The molecule has 0 heterocycles. The molecule has 0 amide bonds. The molecule has 0 aliphatic rings. The van der Waals surface area contributed by atoms with Crippen LogP contribution in [0.1, 0.15) is 13.3 Å². The summed E-state index contributed by atoms with van der Waals surface area (Å²) in [6, 6.07) is 0. The van der Waals surface area contributed by atoms with Gasteiger partial charge in [-0.05, 0) is 6.42 Å². The van der Waals surface area contributed by atoms with E-state index in [0.29, 0.717) is 6.54 Å². The van der Waals surface area contributed by atoms with Gasteiger partial charge in [0.25, 0.3) is 0 Å². The van der Waals surface area contributed by atoms with Crippen LogP contribution in [0.25, 0.3) is 0 Å². The van der Waals surface area contributed by atoms with E-state index in [1.165, 1.54) is 14.2 Å². The van der Waals surface area contributed by atoms with E-state index in [4.69, 9.17) is 0 Å². The largest absolute Gasteiger partial charge is 0.404 e. The third-order valence-corrected chi connectivity index (χ3v) is 2.61. The van der Waals surface area contributed by atoms with E-state index < -0.39 is 7.75 Å². The Morgan fingerprint density at radius 2 is 1.90 bits per heavy atom. The van der Waals surface area contributed by atoms with Crippen LogP contribution in [-0.4, -0.2) is 20.8 Å². The Balaban J connectivity index is 3.70. The first-order chi connectivity index (χ1) is 4.68. The lowest BCUT2D eigenvalue weighted by molar-refractivity contribution is 0.264. The van der Waals surface area contributed by atoms with Crippen LogP contribution in [0.2, 0.25) is 0 Å². The first-order valence-corrected chi connectivity index (χ1v) is 4.69. The lowest BCUT2D eigenvalue weighted by Gasteiger charge is -2.13. The van der Waals surface area contributed by atoms with E-state index in [2.05, 4.69) is 14.1 Å². The molecular weight excluding hydrogens is 153 g/mol. The molecule has 0 spiro atoms. The van der Waals surface area contributed by atoms with E-state index in [9.17, 15) is 4.57 Å². The first kappa shape index (κ1) is 10.1. The molecule has 10 heavy (non-hydrogen) atoms. The fourth-order valence-electron chi connectivity index (χ4n) is 0.452. The molecule has 0 bridgehead atoms. The van der Waals surface area contributed by atoms with Gasteiger partial charge in [-0.25, -0.2) is 9.65 Å². The van der Waals surface area contributed by atoms with Crippen LogP contribution in [0.5, 0.6) is 0 Å². The van der Waals surface area contributed by atoms with Crippen LogP contribution in [0, 0.1) is 0 Å². The second-order valence-corrected chi connectivity index (χ2v) is 3.81. The fourth-order valence-corrected chi connectivity index (χ4v) is 1.36. The van der Waals surface area contributed by atoms with Crippen molar-refractivity contribution < 1.29 is 13.6 Å². The molecule has 0 saturated heterocycles. The highest BCUT2D eigenvalue weighted by molar-refractivity contribution is 7.51. The third-order valence-electron chi connectivity index (χ3n) is 1.04. The van der Waals surface area contributed by atoms with Gasteiger partial charge in [0.05, 0.1) is 0 Å². The summed E-state index contributed by atoms with van der Waals surface area (Å²) in [6.45, 7) is 2.61. The highest BCUT2D eigenvalue weighted by atomic mass is 31.2. The van der Waals surface area contributed by atoms with Crippen LogP contribution in [-0.2, 0) is 13.6 Å². The molecule has 0 atom stereocenters. The van der Waals surface area contributed by atoms with Crippen molar-refractivity contribution in [2.75, 3.05) is 20.8 Å². The minimum Gasteiger partial charge on any atom is -0.300 e. The van der Waals surface area contributed by atoms with Crippen LogP contribution >= 0.6 is 7.75 Å². The predicted octanol–water partition coefficient (Wildman–Crippen LogP) is 1.39. The van der Waals surface area contributed by atoms with Crippen molar-refractivity contribution in [1.29, 1.82) is 0 Å². The lowest BCUT2D eigenvalue weighted by atomic mass is 10.5. The van der Waals surface area contributed by atoms with Gasteiger partial charge < -0.3 is 9.05 Å². The SMILES string of the molecule is CCCNP(=O)(OC)OC. The molecular formula is C5H14NO3P. The highest BCUT2D eigenvalue weighted by Gasteiger charge is 2.18. The predicted molar refractivity (Wildman–Crippen MR) is 39.9 cm³/mol. The Labute approximate surface area is 61.5 Å². The van der Waals surface area contributed by atoms with Crippen molar-refractivity contribution in [3.63, 3.8) is 0 Å². The van der Waals surface area contributed by atoms with Crippen LogP contribution in [0.4, 0.5) is 0 Å². The molecule has 4 nitrogen and oxygen atoms in total. The van der Waals surface area contributed by atoms with E-state index in [0.717, 1.165) is 6.42 Å². The molecule has 1 N–H and O–H groups in total. The van der Waals surface area contributed by atoms with E-state index in [1.807, 2.05) is 6.92 Å². The Morgan fingerprint density at radius 3 is 2.20 bits per heavy atom. The summed E-state index contributed by atoms with van der Waals surface area (Å²) < 4.78 is 20.4. The average Bonchev–Trinajstić information content (AvgIpc) is 2.00. The fraction of sp³-hybridized carbons (Fsp3) is 1.00. The molecule has 0 aliphatic heterocycles. The summed E-state index contributed by atoms with van der Waals surface area (Å²) >= 11 is 0. The summed E-state index contributed by atoms with van der Waals surface area (Å²) in [4.78, 5) is 0. The van der Waals surface area contributed by atoms with Gasteiger partial charge in [-0.1, -0.05) is 6.92 Å². The van der Waals surface area contributed by atoms with Crippen molar-refractivity contribution in [3.05, 3.63) is 0 Å². The zero-order valence-electron chi connectivity index (χ0n) is 6.59. The maximum Gasteiger partial charge on any atom is 0.404 e. The van der Waals surface area contributed by atoms with Crippen molar-refractivity contribution in [1.82, 2.24) is 5.09 Å². The molecule has 0 aromatic carbocycles. The topological polar surface area (TPSA) is 47.6 Å². The van der Waals surface area contributed by atoms with Gasteiger partial charge in [-0.15, -0.1) is 0 Å². The smallest absolute Gasteiger partial charge is 0.300 e. The molecule has 0 rings (SSSR count). The van der Waals surface area contributed by atoms with Crippen LogP contribution in [0.3, 0.4) is 0 Å². The average molecular weight is 167 g/mol. The van der Waals surface area contributed by atoms with Gasteiger partial charge in [0.1, 0.15) is 0 Å². The monoisotopic (exact) mass is 167 g/mol. The van der Waals surface area contributed by atoms with Gasteiger partial charge in [0.15, 0.2) is 0 Å². The Morgan fingerprint density at radius 1 is 1.40 bits per heavy atom. The summed E-state index contributed by atoms with van der Waals surface area (Å²) in [5, 5.41) is 2.66. The number of rotatable bonds is 5. The van der Waals surface area contributed by atoms with Gasteiger partial charge in [0.2, 0.25) is 0 Å². The van der Waals surface area contributed by atoms with Crippen LogP contribution in [0.15, 0.2) is 0 Å². The standard InChI is InChI=1S/C5H14NO3P/c1-4-5-6-10(7,8-2)9-3/h4-5H2,1-3H3,(H,6,7). The molecule has 0 fully saturated rings.